The van der Waals surface area contributed by atoms with Crippen molar-refractivity contribution < 1.29 is 19.1 Å². The zero-order chi connectivity index (χ0) is 20.5. The number of carbonyl (C=O) groups is 3. The molecule has 1 atom stereocenters. The molecule has 3 amide bonds. The second kappa shape index (κ2) is 7.43. The van der Waals surface area contributed by atoms with Gasteiger partial charge in [0.15, 0.2) is 0 Å². The Morgan fingerprint density at radius 1 is 1.14 bits per heavy atom. The number of amides is 3. The lowest BCUT2D eigenvalue weighted by atomic mass is 9.95. The summed E-state index contributed by atoms with van der Waals surface area (Å²) in [4.78, 5) is 40.8. The Morgan fingerprint density at radius 2 is 1.83 bits per heavy atom. The Labute approximate surface area is 168 Å². The number of cyclic esters (lactones) is 1. The van der Waals surface area contributed by atoms with Gasteiger partial charge in [0.1, 0.15) is 13.2 Å². The first-order chi connectivity index (χ1) is 14.0. The minimum atomic E-state index is -0.591. The molecule has 7 nitrogen and oxygen atoms in total. The van der Waals surface area contributed by atoms with E-state index in [1.807, 2.05) is 61.5 Å². The van der Waals surface area contributed by atoms with E-state index >= 15 is 0 Å². The van der Waals surface area contributed by atoms with Gasteiger partial charge in [0.25, 0.3) is 0 Å². The molecule has 2 aromatic carbocycles. The number of anilines is 1. The van der Waals surface area contributed by atoms with E-state index in [4.69, 9.17) is 4.74 Å². The van der Waals surface area contributed by atoms with Crippen LogP contribution in [0, 0.1) is 6.92 Å². The standard InChI is InChI=1S/C22H21N3O4/c1-14-8-10-15(11-9-14)20-19-17(13-29-21(19)27)25(22(28)23-20)12-18(26)24(2)16-6-4-3-5-7-16/h3-11,20H,12-13H2,1-2H3,(H,23,28)/t20-/m0/s1. The van der Waals surface area contributed by atoms with Gasteiger partial charge < -0.3 is 15.0 Å². The smallest absolute Gasteiger partial charge is 0.338 e. The second-order valence-electron chi connectivity index (χ2n) is 7.10. The molecule has 7 heteroatoms. The number of carbonyl (C=O) groups excluding carboxylic acids is 3. The number of hydrogen-bond acceptors (Lipinski definition) is 4. The van der Waals surface area contributed by atoms with E-state index < -0.39 is 18.0 Å². The molecule has 0 unspecified atom stereocenters. The van der Waals surface area contributed by atoms with E-state index in [0.717, 1.165) is 16.8 Å². The van der Waals surface area contributed by atoms with Crippen molar-refractivity contribution in [1.29, 1.82) is 0 Å². The summed E-state index contributed by atoms with van der Waals surface area (Å²) >= 11 is 0. The number of benzene rings is 2. The Balaban J connectivity index is 1.62. The number of para-hydroxylation sites is 1. The highest BCUT2D eigenvalue weighted by molar-refractivity contribution is 6.00. The number of esters is 1. The third-order valence-electron chi connectivity index (χ3n) is 5.22. The van der Waals surface area contributed by atoms with Crippen molar-refractivity contribution in [1.82, 2.24) is 10.2 Å². The summed E-state index contributed by atoms with van der Waals surface area (Å²) in [7, 11) is 1.65. The highest BCUT2D eigenvalue weighted by Gasteiger charge is 2.42. The van der Waals surface area contributed by atoms with Gasteiger partial charge >= 0.3 is 12.0 Å². The van der Waals surface area contributed by atoms with Gasteiger partial charge in [0.2, 0.25) is 5.91 Å². The van der Waals surface area contributed by atoms with Crippen molar-refractivity contribution in [3.05, 3.63) is 77.0 Å². The SMILES string of the molecule is Cc1ccc([C@@H]2NC(=O)N(CC(=O)N(C)c3ccccc3)C3=C2C(=O)OC3)cc1. The van der Waals surface area contributed by atoms with Crippen molar-refractivity contribution in [3.63, 3.8) is 0 Å². The molecule has 2 heterocycles. The molecule has 0 aromatic heterocycles. The molecule has 0 spiro atoms. The third-order valence-corrected chi connectivity index (χ3v) is 5.22. The average molecular weight is 391 g/mol. The summed E-state index contributed by atoms with van der Waals surface area (Å²) in [6, 6.07) is 15.7. The summed E-state index contributed by atoms with van der Waals surface area (Å²) in [5.74, 6) is -0.745. The Bertz CT molecular complexity index is 998. The van der Waals surface area contributed by atoms with Crippen molar-refractivity contribution in [2.75, 3.05) is 25.1 Å². The van der Waals surface area contributed by atoms with E-state index in [-0.39, 0.29) is 19.1 Å². The molecule has 4 rings (SSSR count). The number of aryl methyl sites for hydroxylation is 1. The summed E-state index contributed by atoms with van der Waals surface area (Å²) in [6.07, 6.45) is 0. The van der Waals surface area contributed by atoms with Gasteiger partial charge in [0.05, 0.1) is 17.3 Å². The van der Waals surface area contributed by atoms with Crippen molar-refractivity contribution in [3.8, 4) is 0 Å². The first-order valence-corrected chi connectivity index (χ1v) is 9.32. The molecule has 0 aliphatic carbocycles. The van der Waals surface area contributed by atoms with E-state index in [1.165, 1.54) is 9.80 Å². The van der Waals surface area contributed by atoms with Crippen LogP contribution in [0.15, 0.2) is 65.9 Å². The van der Waals surface area contributed by atoms with Crippen molar-refractivity contribution in [2.45, 2.75) is 13.0 Å². The molecular formula is C22H21N3O4. The van der Waals surface area contributed by atoms with Gasteiger partial charge in [-0.2, -0.15) is 0 Å². The number of urea groups is 1. The van der Waals surface area contributed by atoms with Crippen molar-refractivity contribution >= 4 is 23.6 Å². The quantitative estimate of drug-likeness (QED) is 0.813. The summed E-state index contributed by atoms with van der Waals surface area (Å²) in [6.45, 7) is 1.76. The molecule has 2 aliphatic heterocycles. The molecular weight excluding hydrogens is 370 g/mol. The predicted molar refractivity (Wildman–Crippen MR) is 107 cm³/mol. The molecule has 0 saturated heterocycles. The van der Waals surface area contributed by atoms with Gasteiger partial charge in [-0.1, -0.05) is 48.0 Å². The molecule has 29 heavy (non-hydrogen) atoms. The van der Waals surface area contributed by atoms with Crippen LogP contribution in [0.1, 0.15) is 17.2 Å². The molecule has 0 radical (unpaired) electrons. The number of ether oxygens (including phenoxy) is 1. The number of rotatable bonds is 4. The Morgan fingerprint density at radius 3 is 2.52 bits per heavy atom. The fraction of sp³-hybridized carbons (Fsp3) is 0.227. The fourth-order valence-corrected chi connectivity index (χ4v) is 3.52. The summed E-state index contributed by atoms with van der Waals surface area (Å²) in [5.41, 5.74) is 3.42. The van der Waals surface area contributed by atoms with E-state index in [1.54, 1.807) is 7.05 Å². The van der Waals surface area contributed by atoms with E-state index in [2.05, 4.69) is 5.32 Å². The monoisotopic (exact) mass is 391 g/mol. The molecule has 0 saturated carbocycles. The maximum absolute atomic E-state index is 12.8. The van der Waals surface area contributed by atoms with Gasteiger partial charge in [-0.05, 0) is 24.6 Å². The molecule has 2 aromatic rings. The zero-order valence-corrected chi connectivity index (χ0v) is 16.2. The van der Waals surface area contributed by atoms with Crippen LogP contribution in [0.3, 0.4) is 0 Å². The van der Waals surface area contributed by atoms with Crippen LogP contribution < -0.4 is 10.2 Å². The Kier molecular flexibility index (Phi) is 4.80. The molecule has 148 valence electrons. The molecule has 0 fully saturated rings. The number of likely N-dealkylation sites (N-methyl/N-ethyl adjacent to an activating group) is 1. The van der Waals surface area contributed by atoms with Gasteiger partial charge in [-0.25, -0.2) is 9.59 Å². The maximum atomic E-state index is 12.8. The minimum Gasteiger partial charge on any atom is -0.456 e. The molecule has 1 N–H and O–H groups in total. The second-order valence-corrected chi connectivity index (χ2v) is 7.10. The Hall–Kier alpha value is -3.61. The number of nitrogens with one attached hydrogen (secondary N) is 1. The van der Waals surface area contributed by atoms with Crippen LogP contribution in [0.4, 0.5) is 10.5 Å². The first-order valence-electron chi connectivity index (χ1n) is 9.32. The average Bonchev–Trinajstić information content (AvgIpc) is 3.12. The first kappa shape index (κ1) is 18.7. The topological polar surface area (TPSA) is 79.0 Å². The maximum Gasteiger partial charge on any atom is 0.338 e. The minimum absolute atomic E-state index is 0.0215. The van der Waals surface area contributed by atoms with Gasteiger partial charge in [0, 0.05) is 12.7 Å². The van der Waals surface area contributed by atoms with Crippen molar-refractivity contribution in [2.24, 2.45) is 0 Å². The van der Waals surface area contributed by atoms with Gasteiger partial charge in [-0.15, -0.1) is 0 Å². The number of hydrogen-bond donors (Lipinski definition) is 1. The number of nitrogens with zero attached hydrogens (tertiary/aromatic N) is 2. The predicted octanol–water partition coefficient (Wildman–Crippen LogP) is 2.54. The fourth-order valence-electron chi connectivity index (χ4n) is 3.52. The highest BCUT2D eigenvalue weighted by Crippen LogP contribution is 2.35. The van der Waals surface area contributed by atoms with Crippen LogP contribution in [0.25, 0.3) is 0 Å². The van der Waals surface area contributed by atoms with Crippen LogP contribution >= 0.6 is 0 Å². The van der Waals surface area contributed by atoms with Crippen LogP contribution in [0.5, 0.6) is 0 Å². The van der Waals surface area contributed by atoms with Crippen LogP contribution in [-0.4, -0.2) is 43.0 Å². The lowest BCUT2D eigenvalue weighted by Crippen LogP contribution is -2.50. The van der Waals surface area contributed by atoms with Crippen LogP contribution in [-0.2, 0) is 14.3 Å². The molecule has 2 aliphatic rings. The lowest BCUT2D eigenvalue weighted by Gasteiger charge is -2.33. The normalized spacial score (nSPS) is 18.3. The van der Waals surface area contributed by atoms with E-state index in [0.29, 0.717) is 11.3 Å². The summed E-state index contributed by atoms with van der Waals surface area (Å²) < 4.78 is 5.21. The van der Waals surface area contributed by atoms with E-state index in [9.17, 15) is 14.4 Å². The van der Waals surface area contributed by atoms with Gasteiger partial charge in [-0.3, -0.25) is 9.69 Å². The zero-order valence-electron chi connectivity index (χ0n) is 16.2. The third kappa shape index (κ3) is 3.47. The molecule has 0 bridgehead atoms. The largest absolute Gasteiger partial charge is 0.456 e. The van der Waals surface area contributed by atoms with Crippen LogP contribution in [0.2, 0.25) is 0 Å². The lowest BCUT2D eigenvalue weighted by molar-refractivity contribution is -0.136. The highest BCUT2D eigenvalue weighted by atomic mass is 16.5. The summed E-state index contributed by atoms with van der Waals surface area (Å²) in [5, 5.41) is 2.85.